The highest BCUT2D eigenvalue weighted by Crippen LogP contribution is 2.17. The molecule has 0 saturated carbocycles. The lowest BCUT2D eigenvalue weighted by molar-refractivity contribution is -0.121. The predicted octanol–water partition coefficient (Wildman–Crippen LogP) is 1.35. The van der Waals surface area contributed by atoms with Crippen LogP contribution in [0.2, 0.25) is 0 Å². The molecule has 0 unspecified atom stereocenters. The van der Waals surface area contributed by atoms with Crippen molar-refractivity contribution in [3.05, 3.63) is 53.6 Å². The number of carbonyl (C=O) groups excluding carboxylic acids is 1. The molecule has 82 valence electrons. The number of ketones is 1. The molecule has 0 aliphatic carbocycles. The predicted molar refractivity (Wildman–Crippen MR) is 59.2 cm³/mol. The summed E-state index contributed by atoms with van der Waals surface area (Å²) in [5, 5.41) is 9.18. The molecule has 1 aromatic rings. The first kappa shape index (κ1) is 10.3. The molecule has 0 spiro atoms. The summed E-state index contributed by atoms with van der Waals surface area (Å²) in [7, 11) is 0. The van der Waals surface area contributed by atoms with Gasteiger partial charge < -0.3 is 15.6 Å². The number of hydrogen-bond acceptors (Lipinski definition) is 4. The highest BCUT2D eigenvalue weighted by Gasteiger charge is 2.31. The van der Waals surface area contributed by atoms with E-state index in [4.69, 9.17) is 10.5 Å². The first-order valence-corrected chi connectivity index (χ1v) is 4.81. The van der Waals surface area contributed by atoms with E-state index in [-0.39, 0.29) is 5.88 Å². The molecule has 3 N–H and O–H groups in total. The third-order valence-electron chi connectivity index (χ3n) is 2.24. The van der Waals surface area contributed by atoms with Crippen LogP contribution in [-0.4, -0.2) is 17.0 Å². The van der Waals surface area contributed by atoms with Crippen LogP contribution in [0.15, 0.2) is 48.1 Å². The van der Waals surface area contributed by atoms with Crippen molar-refractivity contribution in [2.75, 3.05) is 0 Å². The van der Waals surface area contributed by atoms with Crippen molar-refractivity contribution in [2.24, 2.45) is 5.73 Å². The molecule has 1 heterocycles. The quantitative estimate of drug-likeness (QED) is 0.784. The molecule has 0 amide bonds. The van der Waals surface area contributed by atoms with Gasteiger partial charge in [-0.3, -0.25) is 4.79 Å². The van der Waals surface area contributed by atoms with E-state index in [2.05, 4.69) is 0 Å². The number of rotatable bonds is 2. The second kappa shape index (κ2) is 4.10. The zero-order valence-electron chi connectivity index (χ0n) is 8.46. The second-order valence-corrected chi connectivity index (χ2v) is 3.39. The standard InChI is InChI=1S/C12H11NO3/c13-12-11(15)10(14)9(16-12)7-6-8-4-2-1-3-5-8/h1-7,9,15H,13H2/b7-6-/t9-/m1/s1. The summed E-state index contributed by atoms with van der Waals surface area (Å²) in [4.78, 5) is 11.4. The van der Waals surface area contributed by atoms with Crippen molar-refractivity contribution in [1.82, 2.24) is 0 Å². The third-order valence-corrected chi connectivity index (χ3v) is 2.24. The van der Waals surface area contributed by atoms with E-state index in [0.717, 1.165) is 5.56 Å². The van der Waals surface area contributed by atoms with Crippen LogP contribution >= 0.6 is 0 Å². The summed E-state index contributed by atoms with van der Waals surface area (Å²) in [6, 6.07) is 9.47. The molecule has 1 atom stereocenters. The summed E-state index contributed by atoms with van der Waals surface area (Å²) in [6.07, 6.45) is 2.49. The summed E-state index contributed by atoms with van der Waals surface area (Å²) in [6.45, 7) is 0. The molecule has 4 heteroatoms. The van der Waals surface area contributed by atoms with E-state index in [9.17, 15) is 9.90 Å². The molecule has 1 aliphatic rings. The van der Waals surface area contributed by atoms with Crippen molar-refractivity contribution < 1.29 is 14.6 Å². The normalized spacial score (nSPS) is 20.5. The van der Waals surface area contributed by atoms with Crippen LogP contribution < -0.4 is 5.73 Å². The van der Waals surface area contributed by atoms with Crippen molar-refractivity contribution >= 4 is 11.9 Å². The van der Waals surface area contributed by atoms with E-state index >= 15 is 0 Å². The van der Waals surface area contributed by atoms with E-state index < -0.39 is 17.6 Å². The highest BCUT2D eigenvalue weighted by molar-refractivity contribution is 6.00. The van der Waals surface area contributed by atoms with Crippen LogP contribution in [0.25, 0.3) is 6.08 Å². The minimum atomic E-state index is -0.819. The van der Waals surface area contributed by atoms with E-state index in [0.29, 0.717) is 0 Å². The van der Waals surface area contributed by atoms with Gasteiger partial charge in [0.2, 0.25) is 17.4 Å². The molecule has 2 rings (SSSR count). The Morgan fingerprint density at radius 2 is 2.00 bits per heavy atom. The van der Waals surface area contributed by atoms with Crippen LogP contribution in [0.1, 0.15) is 5.56 Å². The molecule has 1 aromatic carbocycles. The number of aliphatic hydroxyl groups excluding tert-OH is 1. The van der Waals surface area contributed by atoms with Crippen LogP contribution in [0.4, 0.5) is 0 Å². The number of Topliss-reactive ketones (excluding diaryl/α,β-unsaturated/α-hetero) is 1. The Bertz CT molecular complexity index is 462. The molecule has 0 aromatic heterocycles. The fourth-order valence-corrected chi connectivity index (χ4v) is 1.39. The summed E-state index contributed by atoms with van der Waals surface area (Å²) >= 11 is 0. The number of nitrogens with two attached hydrogens (primary N) is 1. The third kappa shape index (κ3) is 1.91. The Hall–Kier alpha value is -2.23. The van der Waals surface area contributed by atoms with Gasteiger partial charge in [0.05, 0.1) is 0 Å². The van der Waals surface area contributed by atoms with Crippen molar-refractivity contribution in [3.63, 3.8) is 0 Å². The fraction of sp³-hybridized carbons (Fsp3) is 0.0833. The van der Waals surface area contributed by atoms with E-state index in [1.165, 1.54) is 0 Å². The Labute approximate surface area is 92.6 Å². The molecular weight excluding hydrogens is 206 g/mol. The molecule has 16 heavy (non-hydrogen) atoms. The summed E-state index contributed by atoms with van der Waals surface area (Å²) < 4.78 is 4.98. The second-order valence-electron chi connectivity index (χ2n) is 3.39. The zero-order valence-corrected chi connectivity index (χ0v) is 8.46. The molecular formula is C12H11NO3. The van der Waals surface area contributed by atoms with Gasteiger partial charge in [0.25, 0.3) is 0 Å². The number of aliphatic hydroxyl groups is 1. The average Bonchev–Trinajstić information content (AvgIpc) is 2.56. The van der Waals surface area contributed by atoms with Gasteiger partial charge in [-0.25, -0.2) is 0 Å². The van der Waals surface area contributed by atoms with Crippen molar-refractivity contribution in [2.45, 2.75) is 6.10 Å². The van der Waals surface area contributed by atoms with E-state index in [1.54, 1.807) is 12.2 Å². The highest BCUT2D eigenvalue weighted by atomic mass is 16.5. The van der Waals surface area contributed by atoms with Gasteiger partial charge in [0.15, 0.2) is 6.10 Å². The van der Waals surface area contributed by atoms with Gasteiger partial charge in [0.1, 0.15) is 0 Å². The number of carbonyl (C=O) groups is 1. The lowest BCUT2D eigenvalue weighted by Crippen LogP contribution is -2.15. The molecule has 1 aliphatic heterocycles. The molecule has 0 saturated heterocycles. The van der Waals surface area contributed by atoms with Gasteiger partial charge in [-0.2, -0.15) is 0 Å². The topological polar surface area (TPSA) is 72.5 Å². The van der Waals surface area contributed by atoms with Gasteiger partial charge >= 0.3 is 0 Å². The smallest absolute Gasteiger partial charge is 0.247 e. The van der Waals surface area contributed by atoms with E-state index in [1.807, 2.05) is 30.3 Å². The lowest BCUT2D eigenvalue weighted by Gasteiger charge is -2.02. The van der Waals surface area contributed by atoms with Crippen molar-refractivity contribution in [3.8, 4) is 0 Å². The zero-order chi connectivity index (χ0) is 11.5. The monoisotopic (exact) mass is 217 g/mol. The number of hydrogen-bond donors (Lipinski definition) is 2. The van der Waals surface area contributed by atoms with Crippen LogP contribution in [-0.2, 0) is 9.53 Å². The van der Waals surface area contributed by atoms with Gasteiger partial charge in [-0.05, 0) is 11.6 Å². The SMILES string of the molecule is NC1=C(O)C(=O)[C@@H](/C=C\c2ccccc2)O1. The van der Waals surface area contributed by atoms with Gasteiger partial charge in [-0.15, -0.1) is 0 Å². The number of ether oxygens (including phenoxy) is 1. The summed E-state index contributed by atoms with van der Waals surface area (Å²) in [5.74, 6) is -1.22. The maximum Gasteiger partial charge on any atom is 0.247 e. The Morgan fingerprint density at radius 3 is 2.56 bits per heavy atom. The fourth-order valence-electron chi connectivity index (χ4n) is 1.39. The largest absolute Gasteiger partial charge is 0.501 e. The Balaban J connectivity index is 2.09. The van der Waals surface area contributed by atoms with Crippen LogP contribution in [0.5, 0.6) is 0 Å². The summed E-state index contributed by atoms with van der Waals surface area (Å²) in [5.41, 5.74) is 6.23. The maximum atomic E-state index is 11.4. The first-order valence-electron chi connectivity index (χ1n) is 4.81. The maximum absolute atomic E-state index is 11.4. The molecule has 0 fully saturated rings. The Morgan fingerprint density at radius 1 is 1.31 bits per heavy atom. The molecule has 0 radical (unpaired) electrons. The first-order chi connectivity index (χ1) is 7.68. The van der Waals surface area contributed by atoms with Gasteiger partial charge in [-0.1, -0.05) is 36.4 Å². The van der Waals surface area contributed by atoms with Crippen molar-refractivity contribution in [1.29, 1.82) is 0 Å². The molecule has 4 nitrogen and oxygen atoms in total. The number of benzene rings is 1. The lowest BCUT2D eigenvalue weighted by atomic mass is 10.1. The average molecular weight is 217 g/mol. The van der Waals surface area contributed by atoms with Crippen LogP contribution in [0.3, 0.4) is 0 Å². The molecule has 0 bridgehead atoms. The van der Waals surface area contributed by atoms with Gasteiger partial charge in [0, 0.05) is 0 Å². The minimum Gasteiger partial charge on any atom is -0.501 e. The minimum absolute atomic E-state index is 0.215. The Kier molecular flexibility index (Phi) is 2.64. The van der Waals surface area contributed by atoms with Crippen LogP contribution in [0, 0.1) is 0 Å².